The SMILES string of the molecule is COc1ccc2nccc(C(O)CC[C@@H]3CCN(CCCCc4cccs4)C[C@@H]3CCC(=O)O)c2c1. The van der Waals surface area contributed by atoms with Gasteiger partial charge in [0.05, 0.1) is 18.7 Å². The number of hydrogen-bond donors (Lipinski definition) is 2. The second-order valence-corrected chi connectivity index (χ2v) is 11.0. The fourth-order valence-electron chi connectivity index (χ4n) is 5.56. The van der Waals surface area contributed by atoms with Crippen molar-refractivity contribution in [1.29, 1.82) is 0 Å². The van der Waals surface area contributed by atoms with Crippen LogP contribution in [-0.2, 0) is 11.2 Å². The maximum Gasteiger partial charge on any atom is 0.303 e. The number of carbonyl (C=O) groups is 1. The van der Waals surface area contributed by atoms with Crippen LogP contribution >= 0.6 is 11.3 Å². The van der Waals surface area contributed by atoms with Crippen LogP contribution in [0.1, 0.15) is 61.5 Å². The zero-order valence-electron chi connectivity index (χ0n) is 21.1. The Morgan fingerprint density at radius 3 is 2.89 bits per heavy atom. The molecule has 7 heteroatoms. The van der Waals surface area contributed by atoms with Gasteiger partial charge in [0.1, 0.15) is 5.75 Å². The van der Waals surface area contributed by atoms with E-state index in [1.807, 2.05) is 35.6 Å². The summed E-state index contributed by atoms with van der Waals surface area (Å²) >= 11 is 1.83. The van der Waals surface area contributed by atoms with Crippen molar-refractivity contribution in [2.75, 3.05) is 26.7 Å². The number of nitrogens with zero attached hydrogens (tertiary/aromatic N) is 2. The molecule has 1 fully saturated rings. The molecule has 194 valence electrons. The Morgan fingerprint density at radius 2 is 2.11 bits per heavy atom. The smallest absolute Gasteiger partial charge is 0.303 e. The van der Waals surface area contributed by atoms with Crippen molar-refractivity contribution in [1.82, 2.24) is 9.88 Å². The number of pyridine rings is 1. The molecule has 1 aliphatic heterocycles. The molecule has 3 atom stereocenters. The number of aliphatic hydroxyl groups excluding tert-OH is 1. The predicted molar refractivity (Wildman–Crippen MR) is 145 cm³/mol. The van der Waals surface area contributed by atoms with E-state index in [-0.39, 0.29) is 6.42 Å². The van der Waals surface area contributed by atoms with Gasteiger partial charge in [-0.3, -0.25) is 9.78 Å². The molecule has 3 heterocycles. The summed E-state index contributed by atoms with van der Waals surface area (Å²) in [5, 5.41) is 23.5. The Bertz CT molecular complexity index is 1100. The lowest BCUT2D eigenvalue weighted by Crippen LogP contribution is -2.41. The van der Waals surface area contributed by atoms with E-state index in [1.54, 1.807) is 13.3 Å². The number of aliphatic hydroxyl groups is 1. The van der Waals surface area contributed by atoms with E-state index in [4.69, 9.17) is 4.74 Å². The summed E-state index contributed by atoms with van der Waals surface area (Å²) < 4.78 is 5.37. The van der Waals surface area contributed by atoms with Crippen molar-refractivity contribution in [3.05, 3.63) is 58.4 Å². The number of fused-ring (bicyclic) bond motifs is 1. The number of hydrogen-bond acceptors (Lipinski definition) is 6. The number of piperidine rings is 1. The van der Waals surface area contributed by atoms with Gasteiger partial charge in [-0.15, -0.1) is 11.3 Å². The topological polar surface area (TPSA) is 82.9 Å². The van der Waals surface area contributed by atoms with Crippen molar-refractivity contribution in [3.8, 4) is 5.75 Å². The Kier molecular flexibility index (Phi) is 9.73. The highest BCUT2D eigenvalue weighted by Crippen LogP contribution is 2.35. The number of methoxy groups -OCH3 is 1. The van der Waals surface area contributed by atoms with Crippen LogP contribution in [0.15, 0.2) is 48.0 Å². The average molecular weight is 511 g/mol. The predicted octanol–water partition coefficient (Wildman–Crippen LogP) is 5.94. The van der Waals surface area contributed by atoms with Gasteiger partial charge in [-0.05, 0) is 111 Å². The summed E-state index contributed by atoms with van der Waals surface area (Å²) in [6.45, 7) is 3.09. The molecule has 0 bridgehead atoms. The Balaban J connectivity index is 1.33. The van der Waals surface area contributed by atoms with Gasteiger partial charge in [-0.2, -0.15) is 0 Å². The molecule has 4 rings (SSSR count). The first kappa shape index (κ1) is 26.6. The van der Waals surface area contributed by atoms with Crippen molar-refractivity contribution in [3.63, 3.8) is 0 Å². The van der Waals surface area contributed by atoms with E-state index in [2.05, 4.69) is 27.4 Å². The highest BCUT2D eigenvalue weighted by Gasteiger charge is 2.30. The Hall–Kier alpha value is -2.48. The average Bonchev–Trinajstić information content (AvgIpc) is 3.42. The van der Waals surface area contributed by atoms with Crippen molar-refractivity contribution < 1.29 is 19.7 Å². The third-order valence-electron chi connectivity index (χ3n) is 7.58. The summed E-state index contributed by atoms with van der Waals surface area (Å²) in [6.07, 6.45) is 8.20. The summed E-state index contributed by atoms with van der Waals surface area (Å²) in [6, 6.07) is 12.0. The standard InChI is InChI=1S/C29H38N2O4S/c1-35-23-9-10-27-26(19-23)25(13-15-30-27)28(32)11-7-21-14-17-31(20-22(21)8-12-29(33)34)16-3-2-5-24-6-4-18-36-24/h4,6,9-10,13,15,18-19,21-22,28,32H,2-3,5,7-8,11-12,14,16-17,20H2,1H3,(H,33,34)/t21-,22+,28?/m1/s1. The number of aryl methyl sites for hydroxylation is 1. The first-order valence-electron chi connectivity index (χ1n) is 13.1. The number of likely N-dealkylation sites (tertiary alicyclic amines) is 1. The number of benzene rings is 1. The van der Waals surface area contributed by atoms with Crippen LogP contribution < -0.4 is 4.74 Å². The number of unbranched alkanes of at least 4 members (excludes halogenated alkanes) is 1. The van der Waals surface area contributed by atoms with Gasteiger partial charge in [0, 0.05) is 29.4 Å². The monoisotopic (exact) mass is 510 g/mol. The van der Waals surface area contributed by atoms with E-state index < -0.39 is 12.1 Å². The minimum Gasteiger partial charge on any atom is -0.497 e. The van der Waals surface area contributed by atoms with Gasteiger partial charge in [-0.1, -0.05) is 6.07 Å². The molecule has 6 nitrogen and oxygen atoms in total. The maximum atomic E-state index is 11.3. The lowest BCUT2D eigenvalue weighted by atomic mass is 9.79. The fourth-order valence-corrected chi connectivity index (χ4v) is 6.31. The molecule has 0 spiro atoms. The number of thiophene rings is 1. The van der Waals surface area contributed by atoms with Gasteiger partial charge >= 0.3 is 5.97 Å². The van der Waals surface area contributed by atoms with E-state index in [0.717, 1.165) is 61.1 Å². The molecule has 1 aliphatic rings. The second-order valence-electron chi connectivity index (χ2n) is 9.95. The highest BCUT2D eigenvalue weighted by molar-refractivity contribution is 7.09. The number of rotatable bonds is 13. The second kappa shape index (κ2) is 13.2. The van der Waals surface area contributed by atoms with Crippen LogP contribution in [-0.4, -0.2) is 52.8 Å². The third-order valence-corrected chi connectivity index (χ3v) is 8.52. The zero-order valence-corrected chi connectivity index (χ0v) is 22.0. The minimum atomic E-state index is -0.723. The third kappa shape index (κ3) is 7.28. The van der Waals surface area contributed by atoms with E-state index in [9.17, 15) is 15.0 Å². The molecule has 1 unspecified atom stereocenters. The first-order chi connectivity index (χ1) is 17.5. The van der Waals surface area contributed by atoms with Crippen LogP contribution in [0, 0.1) is 11.8 Å². The lowest BCUT2D eigenvalue weighted by Gasteiger charge is -2.39. The van der Waals surface area contributed by atoms with Gasteiger partial charge in [0.15, 0.2) is 0 Å². The molecule has 2 N–H and O–H groups in total. The van der Waals surface area contributed by atoms with Gasteiger partial charge in [-0.25, -0.2) is 0 Å². The van der Waals surface area contributed by atoms with Crippen molar-refractivity contribution in [2.45, 2.75) is 57.5 Å². The summed E-state index contributed by atoms with van der Waals surface area (Å²) in [4.78, 5) is 19.7. The van der Waals surface area contributed by atoms with Crippen LogP contribution in [0.3, 0.4) is 0 Å². The molecule has 0 radical (unpaired) electrons. The van der Waals surface area contributed by atoms with Crippen molar-refractivity contribution >= 4 is 28.2 Å². The van der Waals surface area contributed by atoms with E-state index in [1.165, 1.54) is 17.7 Å². The number of aromatic nitrogens is 1. The van der Waals surface area contributed by atoms with Gasteiger partial charge < -0.3 is 19.8 Å². The number of carboxylic acid groups (broad SMARTS) is 1. The molecule has 0 saturated carbocycles. The molecule has 1 saturated heterocycles. The van der Waals surface area contributed by atoms with Crippen LogP contribution in [0.5, 0.6) is 5.75 Å². The first-order valence-corrected chi connectivity index (χ1v) is 14.0. The largest absolute Gasteiger partial charge is 0.497 e. The summed E-state index contributed by atoms with van der Waals surface area (Å²) in [5.74, 6) is 0.817. The summed E-state index contributed by atoms with van der Waals surface area (Å²) in [5.41, 5.74) is 1.73. The van der Waals surface area contributed by atoms with E-state index >= 15 is 0 Å². The maximum absolute atomic E-state index is 11.3. The molecule has 0 aliphatic carbocycles. The number of ether oxygens (including phenoxy) is 1. The molecular weight excluding hydrogens is 472 g/mol. The Labute approximate surface area is 217 Å². The molecular formula is C29H38N2O4S. The summed E-state index contributed by atoms with van der Waals surface area (Å²) in [7, 11) is 1.64. The fraction of sp³-hybridized carbons (Fsp3) is 0.517. The molecule has 3 aromatic rings. The molecule has 1 aromatic carbocycles. The highest BCUT2D eigenvalue weighted by atomic mass is 32.1. The minimum absolute atomic E-state index is 0.213. The number of carboxylic acids is 1. The molecule has 2 aromatic heterocycles. The molecule has 0 amide bonds. The quantitative estimate of drug-likeness (QED) is 0.277. The van der Waals surface area contributed by atoms with Crippen molar-refractivity contribution in [2.24, 2.45) is 11.8 Å². The van der Waals surface area contributed by atoms with Crippen LogP contribution in [0.4, 0.5) is 0 Å². The normalized spacial score (nSPS) is 19.4. The van der Waals surface area contributed by atoms with E-state index in [0.29, 0.717) is 24.7 Å². The Morgan fingerprint density at radius 1 is 1.22 bits per heavy atom. The lowest BCUT2D eigenvalue weighted by molar-refractivity contribution is -0.137. The molecule has 36 heavy (non-hydrogen) atoms. The number of aliphatic carboxylic acids is 1. The van der Waals surface area contributed by atoms with Gasteiger partial charge in [0.25, 0.3) is 0 Å². The van der Waals surface area contributed by atoms with Gasteiger partial charge in [0.2, 0.25) is 0 Å². The van der Waals surface area contributed by atoms with Crippen LogP contribution in [0.2, 0.25) is 0 Å². The van der Waals surface area contributed by atoms with Crippen LogP contribution in [0.25, 0.3) is 10.9 Å². The zero-order chi connectivity index (χ0) is 25.3.